The second-order valence-electron chi connectivity index (χ2n) is 3.96. The van der Waals surface area contributed by atoms with Crippen molar-refractivity contribution in [1.82, 2.24) is 10.2 Å². The van der Waals surface area contributed by atoms with Gasteiger partial charge in [0, 0.05) is 6.54 Å². The van der Waals surface area contributed by atoms with Gasteiger partial charge in [-0.05, 0) is 38.0 Å². The zero-order chi connectivity index (χ0) is 9.80. The first kappa shape index (κ1) is 10.3. The molecule has 2 rings (SSSR count). The number of hydrogen-bond acceptors (Lipinski definition) is 3. The van der Waals surface area contributed by atoms with Crippen LogP contribution in [-0.2, 0) is 4.79 Å². The molecule has 0 aromatic rings. The summed E-state index contributed by atoms with van der Waals surface area (Å²) in [5, 5.41) is 3.44. The lowest BCUT2D eigenvalue weighted by atomic mass is 10.1. The average molecular weight is 214 g/mol. The van der Waals surface area contributed by atoms with E-state index in [1.807, 2.05) is 0 Å². The summed E-state index contributed by atoms with van der Waals surface area (Å²) in [5.41, 5.74) is 0. The molecule has 1 atom stereocenters. The van der Waals surface area contributed by atoms with Crippen LogP contribution in [0.25, 0.3) is 0 Å². The van der Waals surface area contributed by atoms with Crippen LogP contribution in [-0.4, -0.2) is 41.6 Å². The Labute approximate surface area is 89.6 Å². The number of thioether (sulfide) groups is 1. The molecule has 3 nitrogen and oxygen atoms in total. The Kier molecular flexibility index (Phi) is 3.70. The molecule has 0 aromatic heterocycles. The molecular weight excluding hydrogens is 196 g/mol. The fraction of sp³-hybridized carbons (Fsp3) is 0.900. The molecule has 4 heteroatoms. The molecular formula is C10H18N2OS. The first-order valence-electron chi connectivity index (χ1n) is 5.48. The first-order valence-corrected chi connectivity index (χ1v) is 6.64. The smallest absolute Gasteiger partial charge is 0.233 e. The van der Waals surface area contributed by atoms with Gasteiger partial charge in [-0.25, -0.2) is 0 Å². The number of rotatable bonds is 1. The minimum absolute atomic E-state index is 0.326. The number of nitrogens with zero attached hydrogens (tertiary/aromatic N) is 1. The fourth-order valence-corrected chi connectivity index (χ4v) is 2.95. The highest BCUT2D eigenvalue weighted by molar-refractivity contribution is 7.99. The predicted molar refractivity (Wildman–Crippen MR) is 59.3 cm³/mol. The minimum Gasteiger partial charge on any atom is -0.326 e. The van der Waals surface area contributed by atoms with E-state index in [1.165, 1.54) is 12.8 Å². The van der Waals surface area contributed by atoms with Crippen molar-refractivity contribution in [2.45, 2.75) is 31.8 Å². The van der Waals surface area contributed by atoms with Crippen molar-refractivity contribution in [2.75, 3.05) is 24.6 Å². The largest absolute Gasteiger partial charge is 0.326 e. The van der Waals surface area contributed by atoms with Crippen molar-refractivity contribution in [3.05, 3.63) is 0 Å². The summed E-state index contributed by atoms with van der Waals surface area (Å²) < 4.78 is 0. The van der Waals surface area contributed by atoms with Crippen molar-refractivity contribution in [3.63, 3.8) is 0 Å². The second kappa shape index (κ2) is 5.03. The molecule has 0 bridgehead atoms. The Morgan fingerprint density at radius 3 is 3.07 bits per heavy atom. The summed E-state index contributed by atoms with van der Waals surface area (Å²) in [6, 6.07) is 0. The molecule has 0 radical (unpaired) electrons. The predicted octanol–water partition coefficient (Wildman–Crippen LogP) is 1.05. The van der Waals surface area contributed by atoms with E-state index in [9.17, 15) is 4.79 Å². The zero-order valence-corrected chi connectivity index (χ0v) is 9.31. The highest BCUT2D eigenvalue weighted by Gasteiger charge is 2.25. The molecule has 0 spiro atoms. The van der Waals surface area contributed by atoms with Crippen LogP contribution in [0.15, 0.2) is 0 Å². The molecule has 14 heavy (non-hydrogen) atoms. The van der Waals surface area contributed by atoms with Crippen LogP contribution in [0.3, 0.4) is 0 Å². The third kappa shape index (κ3) is 2.42. The van der Waals surface area contributed by atoms with E-state index in [0.717, 1.165) is 31.7 Å². The fourth-order valence-electron chi connectivity index (χ4n) is 2.13. The molecule has 2 heterocycles. The van der Waals surface area contributed by atoms with Gasteiger partial charge >= 0.3 is 0 Å². The Bertz CT molecular complexity index is 204. The van der Waals surface area contributed by atoms with E-state index in [4.69, 9.17) is 0 Å². The van der Waals surface area contributed by atoms with Gasteiger partial charge in [-0.1, -0.05) is 0 Å². The Morgan fingerprint density at radius 1 is 1.36 bits per heavy atom. The molecule has 2 fully saturated rings. The van der Waals surface area contributed by atoms with Gasteiger partial charge in [0.2, 0.25) is 5.91 Å². The van der Waals surface area contributed by atoms with Crippen LogP contribution in [0.2, 0.25) is 0 Å². The topological polar surface area (TPSA) is 32.3 Å². The van der Waals surface area contributed by atoms with E-state index in [-0.39, 0.29) is 0 Å². The molecule has 2 aliphatic heterocycles. The Hall–Kier alpha value is -0.220. The van der Waals surface area contributed by atoms with Crippen molar-refractivity contribution in [3.8, 4) is 0 Å². The highest BCUT2D eigenvalue weighted by atomic mass is 32.2. The van der Waals surface area contributed by atoms with Gasteiger partial charge in [-0.15, -0.1) is 0 Å². The molecule has 2 aliphatic rings. The van der Waals surface area contributed by atoms with E-state index >= 15 is 0 Å². The Morgan fingerprint density at radius 2 is 2.29 bits per heavy atom. The van der Waals surface area contributed by atoms with Gasteiger partial charge in [-0.3, -0.25) is 10.1 Å². The maximum atomic E-state index is 11.8. The van der Waals surface area contributed by atoms with E-state index in [1.54, 1.807) is 11.8 Å². The number of piperidine rings is 1. The van der Waals surface area contributed by atoms with Gasteiger partial charge < -0.3 is 4.90 Å². The number of hydrogen-bond donors (Lipinski definition) is 1. The van der Waals surface area contributed by atoms with Gasteiger partial charge in [-0.2, -0.15) is 11.8 Å². The van der Waals surface area contributed by atoms with Crippen molar-refractivity contribution in [1.29, 1.82) is 0 Å². The zero-order valence-electron chi connectivity index (χ0n) is 8.50. The summed E-state index contributed by atoms with van der Waals surface area (Å²) >= 11 is 1.77. The first-order chi connectivity index (χ1) is 6.88. The summed E-state index contributed by atoms with van der Waals surface area (Å²) in [6.45, 7) is 2.02. The minimum atomic E-state index is 0.326. The molecule has 80 valence electrons. The van der Waals surface area contributed by atoms with Crippen LogP contribution in [0.1, 0.15) is 25.7 Å². The third-order valence-electron chi connectivity index (χ3n) is 2.89. The summed E-state index contributed by atoms with van der Waals surface area (Å²) in [7, 11) is 0. The molecule has 1 unspecified atom stereocenters. The van der Waals surface area contributed by atoms with Crippen molar-refractivity contribution < 1.29 is 4.79 Å². The Balaban J connectivity index is 1.95. The quantitative estimate of drug-likeness (QED) is 0.708. The molecule has 0 aliphatic carbocycles. The average Bonchev–Trinajstić information content (AvgIpc) is 2.44. The number of carbonyl (C=O) groups excluding carboxylic acids is 1. The number of amides is 1. The van der Waals surface area contributed by atoms with Crippen LogP contribution >= 0.6 is 11.8 Å². The lowest BCUT2D eigenvalue weighted by Gasteiger charge is -2.34. The third-order valence-corrected chi connectivity index (χ3v) is 3.92. The normalized spacial score (nSPS) is 30.1. The molecule has 1 N–H and O–H groups in total. The van der Waals surface area contributed by atoms with Crippen LogP contribution in [0, 0.1) is 0 Å². The summed E-state index contributed by atoms with van der Waals surface area (Å²) in [4.78, 5) is 13.8. The van der Waals surface area contributed by atoms with Crippen LogP contribution in [0.4, 0.5) is 0 Å². The van der Waals surface area contributed by atoms with E-state index in [2.05, 4.69) is 10.2 Å². The van der Waals surface area contributed by atoms with Crippen molar-refractivity contribution >= 4 is 17.7 Å². The maximum absolute atomic E-state index is 11.8. The summed E-state index contributed by atoms with van der Waals surface area (Å²) in [5.74, 6) is 2.14. The number of nitrogens with one attached hydrogen (secondary N) is 1. The monoisotopic (exact) mass is 214 g/mol. The summed E-state index contributed by atoms with van der Waals surface area (Å²) in [6.07, 6.45) is 5.13. The van der Waals surface area contributed by atoms with Gasteiger partial charge in [0.05, 0.1) is 11.9 Å². The van der Waals surface area contributed by atoms with Gasteiger partial charge in [0.25, 0.3) is 0 Å². The van der Waals surface area contributed by atoms with Gasteiger partial charge in [0.1, 0.15) is 0 Å². The highest BCUT2D eigenvalue weighted by Crippen LogP contribution is 2.17. The SMILES string of the molecule is O=C1CSCCCN1C1CCCCN1. The maximum Gasteiger partial charge on any atom is 0.233 e. The molecule has 0 saturated carbocycles. The lowest BCUT2D eigenvalue weighted by molar-refractivity contribution is -0.131. The number of carbonyl (C=O) groups is 1. The van der Waals surface area contributed by atoms with Crippen molar-refractivity contribution in [2.24, 2.45) is 0 Å². The molecule has 2 saturated heterocycles. The lowest BCUT2D eigenvalue weighted by Crippen LogP contribution is -2.51. The van der Waals surface area contributed by atoms with E-state index < -0.39 is 0 Å². The molecule has 1 amide bonds. The van der Waals surface area contributed by atoms with Gasteiger partial charge in [0.15, 0.2) is 0 Å². The van der Waals surface area contributed by atoms with E-state index in [0.29, 0.717) is 17.8 Å². The second-order valence-corrected chi connectivity index (χ2v) is 5.06. The van der Waals surface area contributed by atoms with Crippen LogP contribution in [0.5, 0.6) is 0 Å². The standard InChI is InChI=1S/C10H18N2OS/c13-10-8-14-7-3-6-12(10)9-4-1-2-5-11-9/h9,11H,1-8H2. The van der Waals surface area contributed by atoms with Crippen LogP contribution < -0.4 is 5.32 Å². The molecule has 0 aromatic carbocycles.